The van der Waals surface area contributed by atoms with Gasteiger partial charge in [0.05, 0.1) is 24.8 Å². The van der Waals surface area contributed by atoms with E-state index in [0.29, 0.717) is 6.54 Å². The summed E-state index contributed by atoms with van der Waals surface area (Å²) in [6.07, 6.45) is 1.68. The lowest BCUT2D eigenvalue weighted by Gasteiger charge is -2.19. The monoisotopic (exact) mass is 278 g/mol. The predicted molar refractivity (Wildman–Crippen MR) is 76.5 cm³/mol. The fraction of sp³-hybridized carbons (Fsp3) is 0.500. The highest BCUT2D eigenvalue weighted by molar-refractivity contribution is 5.87. The summed E-state index contributed by atoms with van der Waals surface area (Å²) in [7, 11) is 1.67. The minimum Gasteiger partial charge on any atom is -0.346 e. The van der Waals surface area contributed by atoms with Crippen molar-refractivity contribution in [2.75, 3.05) is 13.6 Å². The first kappa shape index (κ1) is 16.1. The van der Waals surface area contributed by atoms with Crippen LogP contribution in [0.5, 0.6) is 0 Å². The molecule has 110 valence electrons. The van der Waals surface area contributed by atoms with Gasteiger partial charge in [0.25, 0.3) is 0 Å². The number of aromatic nitrogens is 1. The van der Waals surface area contributed by atoms with Crippen molar-refractivity contribution in [1.82, 2.24) is 15.2 Å². The molecule has 1 aromatic heterocycles. The molecule has 0 aliphatic carbocycles. The predicted octanol–water partition coefficient (Wildman–Crippen LogP) is 0.140. The van der Waals surface area contributed by atoms with E-state index in [0.717, 1.165) is 5.69 Å². The number of pyridine rings is 1. The summed E-state index contributed by atoms with van der Waals surface area (Å²) in [6.45, 7) is 4.08. The number of nitrogens with one attached hydrogen (secondary N) is 1. The second-order valence-electron chi connectivity index (χ2n) is 5.06. The van der Waals surface area contributed by atoms with Gasteiger partial charge >= 0.3 is 0 Å². The van der Waals surface area contributed by atoms with E-state index in [1.54, 1.807) is 13.2 Å². The Hall–Kier alpha value is -1.95. The van der Waals surface area contributed by atoms with E-state index >= 15 is 0 Å². The van der Waals surface area contributed by atoms with Crippen LogP contribution in [0, 0.1) is 5.92 Å². The van der Waals surface area contributed by atoms with E-state index in [9.17, 15) is 9.59 Å². The number of nitrogens with two attached hydrogens (primary N) is 1. The van der Waals surface area contributed by atoms with Crippen LogP contribution in [-0.4, -0.2) is 41.3 Å². The van der Waals surface area contributed by atoms with Crippen molar-refractivity contribution in [2.24, 2.45) is 11.7 Å². The molecule has 0 aromatic carbocycles. The Bertz CT molecular complexity index is 448. The number of carbonyl (C=O) groups excluding carboxylic acids is 2. The van der Waals surface area contributed by atoms with Crippen molar-refractivity contribution in [3.63, 3.8) is 0 Å². The molecule has 1 aromatic rings. The topological polar surface area (TPSA) is 88.3 Å². The average molecular weight is 278 g/mol. The summed E-state index contributed by atoms with van der Waals surface area (Å²) in [5, 5.41) is 2.55. The van der Waals surface area contributed by atoms with Gasteiger partial charge in [-0.05, 0) is 18.1 Å². The molecule has 1 heterocycles. The number of hydrogen-bond acceptors (Lipinski definition) is 4. The molecule has 2 amide bonds. The van der Waals surface area contributed by atoms with Crippen LogP contribution in [0.25, 0.3) is 0 Å². The third kappa shape index (κ3) is 4.97. The maximum atomic E-state index is 11.9. The fourth-order valence-electron chi connectivity index (χ4n) is 1.54. The summed E-state index contributed by atoms with van der Waals surface area (Å²) in [4.78, 5) is 29.2. The Morgan fingerprint density at radius 3 is 2.65 bits per heavy atom. The number of nitrogens with zero attached hydrogens (tertiary/aromatic N) is 2. The van der Waals surface area contributed by atoms with Gasteiger partial charge in [-0.25, -0.2) is 0 Å². The van der Waals surface area contributed by atoms with Crippen molar-refractivity contribution >= 4 is 11.8 Å². The molecule has 3 N–H and O–H groups in total. The SMILES string of the molecule is CC(C)[C@H](N)C(=O)NCC(=O)N(C)Cc1ccccn1. The third-order valence-electron chi connectivity index (χ3n) is 2.99. The van der Waals surface area contributed by atoms with Gasteiger partial charge in [-0.15, -0.1) is 0 Å². The van der Waals surface area contributed by atoms with Gasteiger partial charge in [-0.2, -0.15) is 0 Å². The van der Waals surface area contributed by atoms with Gasteiger partial charge in [-0.1, -0.05) is 19.9 Å². The molecule has 6 nitrogen and oxygen atoms in total. The maximum absolute atomic E-state index is 11.9. The zero-order chi connectivity index (χ0) is 15.1. The molecule has 0 saturated heterocycles. The minimum absolute atomic E-state index is 0.0383. The zero-order valence-electron chi connectivity index (χ0n) is 12.2. The van der Waals surface area contributed by atoms with E-state index in [-0.39, 0.29) is 24.3 Å². The molecule has 0 radical (unpaired) electrons. The van der Waals surface area contributed by atoms with Gasteiger partial charge in [0.1, 0.15) is 0 Å². The first-order chi connectivity index (χ1) is 9.41. The Kier molecular flexibility index (Phi) is 6.11. The van der Waals surface area contributed by atoms with E-state index in [2.05, 4.69) is 10.3 Å². The Morgan fingerprint density at radius 2 is 2.10 bits per heavy atom. The molecule has 0 bridgehead atoms. The van der Waals surface area contributed by atoms with E-state index in [4.69, 9.17) is 5.73 Å². The van der Waals surface area contributed by atoms with Crippen molar-refractivity contribution in [3.8, 4) is 0 Å². The molecule has 1 rings (SSSR count). The summed E-state index contributed by atoms with van der Waals surface area (Å²) in [5.41, 5.74) is 6.50. The van der Waals surface area contributed by atoms with Crippen LogP contribution in [0.2, 0.25) is 0 Å². The summed E-state index contributed by atoms with van der Waals surface area (Å²) in [6, 6.07) is 4.93. The highest BCUT2D eigenvalue weighted by Gasteiger charge is 2.18. The molecule has 0 aliphatic heterocycles. The fourth-order valence-corrected chi connectivity index (χ4v) is 1.54. The molecule has 6 heteroatoms. The Balaban J connectivity index is 2.41. The largest absolute Gasteiger partial charge is 0.346 e. The van der Waals surface area contributed by atoms with Crippen LogP contribution >= 0.6 is 0 Å². The van der Waals surface area contributed by atoms with Crippen molar-refractivity contribution in [3.05, 3.63) is 30.1 Å². The molecule has 0 saturated carbocycles. The molecule has 0 aliphatic rings. The van der Waals surface area contributed by atoms with Crippen LogP contribution in [0.15, 0.2) is 24.4 Å². The van der Waals surface area contributed by atoms with Crippen molar-refractivity contribution < 1.29 is 9.59 Å². The van der Waals surface area contributed by atoms with Gasteiger partial charge in [0, 0.05) is 13.2 Å². The van der Waals surface area contributed by atoms with E-state index in [1.165, 1.54) is 4.90 Å². The molecule has 0 unspecified atom stereocenters. The third-order valence-corrected chi connectivity index (χ3v) is 2.99. The second-order valence-corrected chi connectivity index (χ2v) is 5.06. The van der Waals surface area contributed by atoms with Crippen molar-refractivity contribution in [2.45, 2.75) is 26.4 Å². The highest BCUT2D eigenvalue weighted by Crippen LogP contribution is 2.00. The van der Waals surface area contributed by atoms with Crippen LogP contribution < -0.4 is 11.1 Å². The van der Waals surface area contributed by atoms with Crippen LogP contribution in [0.3, 0.4) is 0 Å². The number of carbonyl (C=O) groups is 2. The van der Waals surface area contributed by atoms with E-state index < -0.39 is 6.04 Å². The Labute approximate surface area is 119 Å². The van der Waals surface area contributed by atoms with Gasteiger partial charge in [0.15, 0.2) is 0 Å². The van der Waals surface area contributed by atoms with Gasteiger partial charge in [0.2, 0.25) is 11.8 Å². The van der Waals surface area contributed by atoms with Gasteiger partial charge < -0.3 is 16.0 Å². The molecule has 1 atom stereocenters. The number of rotatable bonds is 6. The molecular weight excluding hydrogens is 256 g/mol. The number of hydrogen-bond donors (Lipinski definition) is 2. The van der Waals surface area contributed by atoms with Crippen LogP contribution in [0.1, 0.15) is 19.5 Å². The second kappa shape index (κ2) is 7.59. The lowest BCUT2D eigenvalue weighted by Crippen LogP contribution is -2.47. The zero-order valence-corrected chi connectivity index (χ0v) is 12.2. The maximum Gasteiger partial charge on any atom is 0.242 e. The number of likely N-dealkylation sites (N-methyl/N-ethyl adjacent to an activating group) is 1. The van der Waals surface area contributed by atoms with Gasteiger partial charge in [-0.3, -0.25) is 14.6 Å². The van der Waals surface area contributed by atoms with E-state index in [1.807, 2.05) is 32.0 Å². The molecule has 0 fully saturated rings. The smallest absolute Gasteiger partial charge is 0.242 e. The summed E-state index contributed by atoms with van der Waals surface area (Å²) in [5.74, 6) is -0.448. The summed E-state index contributed by atoms with van der Waals surface area (Å²) >= 11 is 0. The Morgan fingerprint density at radius 1 is 1.40 bits per heavy atom. The van der Waals surface area contributed by atoms with Crippen molar-refractivity contribution in [1.29, 1.82) is 0 Å². The lowest BCUT2D eigenvalue weighted by molar-refractivity contribution is -0.132. The lowest BCUT2D eigenvalue weighted by atomic mass is 10.1. The molecular formula is C14H22N4O2. The first-order valence-electron chi connectivity index (χ1n) is 6.59. The number of amides is 2. The summed E-state index contributed by atoms with van der Waals surface area (Å²) < 4.78 is 0. The van der Waals surface area contributed by atoms with Crippen LogP contribution in [-0.2, 0) is 16.1 Å². The molecule has 20 heavy (non-hydrogen) atoms. The molecule has 0 spiro atoms. The minimum atomic E-state index is -0.594. The average Bonchev–Trinajstić information content (AvgIpc) is 2.44. The standard InChI is InChI=1S/C14H22N4O2/c1-10(2)13(15)14(20)17-8-12(19)18(3)9-11-6-4-5-7-16-11/h4-7,10,13H,8-9,15H2,1-3H3,(H,17,20)/t13-/m0/s1. The normalized spacial score (nSPS) is 12.1. The highest BCUT2D eigenvalue weighted by atomic mass is 16.2. The first-order valence-corrected chi connectivity index (χ1v) is 6.59. The quantitative estimate of drug-likeness (QED) is 0.774. The van der Waals surface area contributed by atoms with Crippen LogP contribution in [0.4, 0.5) is 0 Å².